The number of amides is 4. The van der Waals surface area contributed by atoms with Gasteiger partial charge in [0.25, 0.3) is 11.8 Å². The first-order chi connectivity index (χ1) is 13.8. The predicted molar refractivity (Wildman–Crippen MR) is 110 cm³/mol. The maximum Gasteiger partial charge on any atom is 0.327 e. The number of likely N-dealkylation sites (tertiary alicyclic amines) is 1. The van der Waals surface area contributed by atoms with Crippen molar-refractivity contribution in [2.75, 3.05) is 26.2 Å². The smallest absolute Gasteiger partial charge is 0.327 e. The standard InChI is InChI=1S/C23H31N3O3/c1-16(2)14-26-22(29)25(15-18-8-9-18)21(28)23(26)10-12-24(13-11-23)20(27)19-7-5-4-6-17(19)3/h4-7,16,18H,8-15H2,1-3H3. The molecule has 3 aliphatic rings. The van der Waals surface area contributed by atoms with E-state index in [1.54, 1.807) is 0 Å². The van der Waals surface area contributed by atoms with Crippen LogP contribution in [0.1, 0.15) is 55.5 Å². The fraction of sp³-hybridized carbons (Fsp3) is 0.609. The van der Waals surface area contributed by atoms with Crippen LogP contribution in [0.5, 0.6) is 0 Å². The molecule has 4 rings (SSSR count). The first kappa shape index (κ1) is 19.9. The molecule has 0 aromatic heterocycles. The molecule has 1 aliphatic carbocycles. The van der Waals surface area contributed by atoms with Crippen LogP contribution in [0.25, 0.3) is 0 Å². The molecule has 3 fully saturated rings. The molecule has 1 spiro atoms. The van der Waals surface area contributed by atoms with E-state index in [0.717, 1.165) is 18.4 Å². The van der Waals surface area contributed by atoms with Crippen molar-refractivity contribution in [1.82, 2.24) is 14.7 Å². The molecule has 2 saturated heterocycles. The Hall–Kier alpha value is -2.37. The van der Waals surface area contributed by atoms with E-state index in [9.17, 15) is 14.4 Å². The minimum absolute atomic E-state index is 0.0139. The van der Waals surface area contributed by atoms with E-state index in [1.807, 2.05) is 41.0 Å². The summed E-state index contributed by atoms with van der Waals surface area (Å²) in [5, 5.41) is 0. The topological polar surface area (TPSA) is 60.9 Å². The second-order valence-electron chi connectivity index (χ2n) is 9.28. The Balaban J connectivity index is 1.53. The summed E-state index contributed by atoms with van der Waals surface area (Å²) in [7, 11) is 0. The number of urea groups is 1. The predicted octanol–water partition coefficient (Wildman–Crippen LogP) is 3.30. The van der Waals surface area contributed by atoms with Gasteiger partial charge in [0.15, 0.2) is 0 Å². The summed E-state index contributed by atoms with van der Waals surface area (Å²) >= 11 is 0. The summed E-state index contributed by atoms with van der Waals surface area (Å²) in [5.41, 5.74) is 0.896. The van der Waals surface area contributed by atoms with Crippen molar-refractivity contribution in [3.63, 3.8) is 0 Å². The maximum atomic E-state index is 13.4. The van der Waals surface area contributed by atoms with Crippen LogP contribution in [0.3, 0.4) is 0 Å². The third-order valence-corrected chi connectivity index (χ3v) is 6.56. The van der Waals surface area contributed by atoms with Crippen LogP contribution >= 0.6 is 0 Å². The van der Waals surface area contributed by atoms with Gasteiger partial charge in [0.1, 0.15) is 5.54 Å². The Morgan fingerprint density at radius 1 is 1.14 bits per heavy atom. The molecular formula is C23H31N3O3. The number of piperidine rings is 1. The largest absolute Gasteiger partial charge is 0.338 e. The molecule has 6 heteroatoms. The summed E-state index contributed by atoms with van der Waals surface area (Å²) in [6, 6.07) is 7.48. The highest BCUT2D eigenvalue weighted by Crippen LogP contribution is 2.40. The second-order valence-corrected chi connectivity index (χ2v) is 9.28. The van der Waals surface area contributed by atoms with Gasteiger partial charge in [0.2, 0.25) is 0 Å². The van der Waals surface area contributed by atoms with Crippen LogP contribution in [-0.2, 0) is 4.79 Å². The molecule has 2 heterocycles. The molecule has 0 N–H and O–H groups in total. The summed E-state index contributed by atoms with van der Waals surface area (Å²) in [4.78, 5) is 44.7. The van der Waals surface area contributed by atoms with Crippen LogP contribution in [0.15, 0.2) is 24.3 Å². The van der Waals surface area contributed by atoms with Gasteiger partial charge < -0.3 is 9.80 Å². The summed E-state index contributed by atoms with van der Waals surface area (Å²) in [6.45, 7) is 8.23. The van der Waals surface area contributed by atoms with Crippen LogP contribution in [0.4, 0.5) is 4.79 Å². The monoisotopic (exact) mass is 397 g/mol. The van der Waals surface area contributed by atoms with Gasteiger partial charge in [-0.1, -0.05) is 32.0 Å². The lowest BCUT2D eigenvalue weighted by molar-refractivity contribution is -0.135. The number of imide groups is 1. The minimum atomic E-state index is -0.779. The maximum absolute atomic E-state index is 13.4. The fourth-order valence-corrected chi connectivity index (χ4v) is 4.67. The van der Waals surface area contributed by atoms with Crippen LogP contribution in [0.2, 0.25) is 0 Å². The molecule has 1 aromatic rings. The second kappa shape index (κ2) is 7.47. The molecule has 156 valence electrons. The fourth-order valence-electron chi connectivity index (χ4n) is 4.67. The SMILES string of the molecule is Cc1ccccc1C(=O)N1CCC2(CC1)C(=O)N(CC1CC1)C(=O)N2CC(C)C. The highest BCUT2D eigenvalue weighted by atomic mass is 16.2. The summed E-state index contributed by atoms with van der Waals surface area (Å²) < 4.78 is 0. The number of carbonyl (C=O) groups excluding carboxylic acids is 3. The molecule has 1 saturated carbocycles. The van der Waals surface area contributed by atoms with Crippen molar-refractivity contribution in [3.8, 4) is 0 Å². The third kappa shape index (κ3) is 3.53. The molecule has 0 bridgehead atoms. The van der Waals surface area contributed by atoms with Crippen LogP contribution < -0.4 is 0 Å². The van der Waals surface area contributed by atoms with E-state index in [4.69, 9.17) is 0 Å². The summed E-state index contributed by atoms with van der Waals surface area (Å²) in [6.07, 6.45) is 3.24. The first-order valence-corrected chi connectivity index (χ1v) is 10.8. The van der Waals surface area contributed by atoms with Crippen molar-refractivity contribution < 1.29 is 14.4 Å². The zero-order chi connectivity index (χ0) is 20.8. The highest BCUT2D eigenvalue weighted by molar-refractivity contribution is 6.07. The first-order valence-electron chi connectivity index (χ1n) is 10.8. The third-order valence-electron chi connectivity index (χ3n) is 6.56. The number of hydrogen-bond donors (Lipinski definition) is 0. The van der Waals surface area contributed by atoms with E-state index in [2.05, 4.69) is 13.8 Å². The average molecular weight is 398 g/mol. The van der Waals surface area contributed by atoms with Crippen molar-refractivity contribution in [3.05, 3.63) is 35.4 Å². The molecule has 29 heavy (non-hydrogen) atoms. The Bertz CT molecular complexity index is 822. The van der Waals surface area contributed by atoms with Gasteiger partial charge in [-0.25, -0.2) is 4.79 Å². The molecule has 2 aliphatic heterocycles. The average Bonchev–Trinajstić information content (AvgIpc) is 3.50. The van der Waals surface area contributed by atoms with Gasteiger partial charge in [-0.15, -0.1) is 0 Å². The number of carbonyl (C=O) groups is 3. The summed E-state index contributed by atoms with van der Waals surface area (Å²) in [5.74, 6) is 0.732. The molecule has 0 atom stereocenters. The van der Waals surface area contributed by atoms with Crippen LogP contribution in [0, 0.1) is 18.8 Å². The Morgan fingerprint density at radius 3 is 2.38 bits per heavy atom. The number of nitrogens with zero attached hydrogens (tertiary/aromatic N) is 3. The van der Waals surface area contributed by atoms with Gasteiger partial charge in [-0.05, 0) is 56.1 Å². The van der Waals surface area contributed by atoms with Crippen molar-refractivity contribution >= 4 is 17.8 Å². The zero-order valence-electron chi connectivity index (χ0n) is 17.7. The van der Waals surface area contributed by atoms with Crippen molar-refractivity contribution in [2.24, 2.45) is 11.8 Å². The van der Waals surface area contributed by atoms with Crippen molar-refractivity contribution in [1.29, 1.82) is 0 Å². The van der Waals surface area contributed by atoms with Crippen LogP contribution in [-0.4, -0.2) is 64.3 Å². The van der Waals surface area contributed by atoms with E-state index < -0.39 is 5.54 Å². The van der Waals surface area contributed by atoms with E-state index in [1.165, 1.54) is 4.90 Å². The Kier molecular flexibility index (Phi) is 5.13. The number of rotatable bonds is 5. The Labute approximate surface area is 172 Å². The Morgan fingerprint density at radius 2 is 1.79 bits per heavy atom. The molecule has 6 nitrogen and oxygen atoms in total. The van der Waals surface area contributed by atoms with E-state index in [-0.39, 0.29) is 23.8 Å². The molecule has 4 amide bonds. The number of aryl methyl sites for hydroxylation is 1. The van der Waals surface area contributed by atoms with Gasteiger partial charge >= 0.3 is 6.03 Å². The highest BCUT2D eigenvalue weighted by Gasteiger charge is 2.58. The molecular weight excluding hydrogens is 366 g/mol. The quantitative estimate of drug-likeness (QED) is 0.716. The zero-order valence-corrected chi connectivity index (χ0v) is 17.7. The van der Waals surface area contributed by atoms with Crippen molar-refractivity contribution in [2.45, 2.75) is 52.0 Å². The van der Waals surface area contributed by atoms with E-state index in [0.29, 0.717) is 50.5 Å². The van der Waals surface area contributed by atoms with Gasteiger partial charge in [-0.3, -0.25) is 14.5 Å². The molecule has 1 aromatic carbocycles. The van der Waals surface area contributed by atoms with E-state index >= 15 is 0 Å². The minimum Gasteiger partial charge on any atom is -0.338 e. The lowest BCUT2D eigenvalue weighted by atomic mass is 9.85. The number of benzene rings is 1. The van der Waals surface area contributed by atoms with Gasteiger partial charge in [-0.2, -0.15) is 0 Å². The molecule has 0 unspecified atom stereocenters. The lowest BCUT2D eigenvalue weighted by Gasteiger charge is -2.42. The van der Waals surface area contributed by atoms with Gasteiger partial charge in [0, 0.05) is 31.7 Å². The normalized spacial score (nSPS) is 21.6. The van der Waals surface area contributed by atoms with Gasteiger partial charge in [0.05, 0.1) is 0 Å². The number of hydrogen-bond acceptors (Lipinski definition) is 3. The molecule has 0 radical (unpaired) electrons. The lowest BCUT2D eigenvalue weighted by Crippen LogP contribution is -2.58.